The number of nitrogens with zero attached hydrogens (tertiary/aromatic N) is 4. The monoisotopic (exact) mass is 471 g/mol. The van der Waals surface area contributed by atoms with Gasteiger partial charge >= 0.3 is 0 Å². The Labute approximate surface area is 209 Å². The Bertz CT molecular complexity index is 1040. The SMILES string of the molecule is O=C(Cc1ccc(N2CCC(N[C@@H](CCn3ccnc3)c3ccccc3)CC2)cc1)N1CCCC1. The first-order chi connectivity index (χ1) is 17.2. The minimum absolute atomic E-state index is 0.267. The van der Waals surface area contributed by atoms with Crippen molar-refractivity contribution in [2.75, 3.05) is 31.1 Å². The Morgan fingerprint density at radius 1 is 0.971 bits per heavy atom. The van der Waals surface area contributed by atoms with Gasteiger partial charge in [0.1, 0.15) is 0 Å². The van der Waals surface area contributed by atoms with Crippen molar-refractivity contribution in [2.45, 2.75) is 57.2 Å². The number of aryl methyl sites for hydroxylation is 1. The molecule has 0 saturated carbocycles. The largest absolute Gasteiger partial charge is 0.371 e. The maximum atomic E-state index is 12.4. The van der Waals surface area contributed by atoms with Crippen LogP contribution in [-0.2, 0) is 17.8 Å². The summed E-state index contributed by atoms with van der Waals surface area (Å²) in [7, 11) is 0. The van der Waals surface area contributed by atoms with Crippen molar-refractivity contribution in [1.29, 1.82) is 0 Å². The zero-order valence-electron chi connectivity index (χ0n) is 20.6. The normalized spacial score (nSPS) is 17.6. The van der Waals surface area contributed by atoms with Gasteiger partial charge in [0.15, 0.2) is 0 Å². The zero-order valence-corrected chi connectivity index (χ0v) is 20.6. The first kappa shape index (κ1) is 23.6. The fourth-order valence-corrected chi connectivity index (χ4v) is 5.40. The van der Waals surface area contributed by atoms with E-state index in [2.05, 4.69) is 74.4 Å². The van der Waals surface area contributed by atoms with E-state index in [-0.39, 0.29) is 5.91 Å². The number of likely N-dealkylation sites (tertiary alicyclic amines) is 1. The van der Waals surface area contributed by atoms with Gasteiger partial charge in [-0.25, -0.2) is 4.98 Å². The molecule has 6 nitrogen and oxygen atoms in total. The molecule has 5 rings (SSSR count). The number of piperidine rings is 1. The molecule has 1 aromatic heterocycles. The number of amides is 1. The summed E-state index contributed by atoms with van der Waals surface area (Å²) in [5.41, 5.74) is 3.74. The fraction of sp³-hybridized carbons (Fsp3) is 0.448. The molecule has 2 aliphatic heterocycles. The van der Waals surface area contributed by atoms with Crippen molar-refractivity contribution in [3.63, 3.8) is 0 Å². The van der Waals surface area contributed by atoms with Gasteiger partial charge in [-0.3, -0.25) is 4.79 Å². The van der Waals surface area contributed by atoms with E-state index in [0.29, 0.717) is 18.5 Å². The number of benzene rings is 2. The second-order valence-corrected chi connectivity index (χ2v) is 9.91. The van der Waals surface area contributed by atoms with Crippen LogP contribution in [0.2, 0.25) is 0 Å². The van der Waals surface area contributed by atoms with E-state index in [0.717, 1.165) is 70.4 Å². The molecule has 184 valence electrons. The van der Waals surface area contributed by atoms with Crippen LogP contribution in [0.25, 0.3) is 0 Å². The number of rotatable bonds is 9. The lowest BCUT2D eigenvalue weighted by Crippen LogP contribution is -2.44. The second-order valence-electron chi connectivity index (χ2n) is 9.91. The van der Waals surface area contributed by atoms with E-state index in [1.807, 2.05) is 23.6 Å². The lowest BCUT2D eigenvalue weighted by Gasteiger charge is -2.36. The number of anilines is 1. The molecule has 2 saturated heterocycles. The van der Waals surface area contributed by atoms with Crippen molar-refractivity contribution in [3.05, 3.63) is 84.4 Å². The number of hydrogen-bond donors (Lipinski definition) is 1. The zero-order chi connectivity index (χ0) is 23.9. The molecule has 2 aromatic carbocycles. The first-order valence-electron chi connectivity index (χ1n) is 13.1. The molecule has 35 heavy (non-hydrogen) atoms. The summed E-state index contributed by atoms with van der Waals surface area (Å²) in [6.07, 6.45) is 11.9. The van der Waals surface area contributed by atoms with Crippen LogP contribution in [0.5, 0.6) is 0 Å². The second kappa shape index (κ2) is 11.5. The summed E-state index contributed by atoms with van der Waals surface area (Å²) in [5, 5.41) is 3.96. The Balaban J connectivity index is 1.13. The summed E-state index contributed by atoms with van der Waals surface area (Å²) >= 11 is 0. The molecule has 2 aliphatic rings. The Morgan fingerprint density at radius 2 is 1.71 bits per heavy atom. The lowest BCUT2D eigenvalue weighted by molar-refractivity contribution is -0.129. The third-order valence-electron chi connectivity index (χ3n) is 7.48. The molecule has 0 aliphatic carbocycles. The van der Waals surface area contributed by atoms with E-state index in [9.17, 15) is 4.79 Å². The predicted molar refractivity (Wildman–Crippen MR) is 140 cm³/mol. The molecule has 0 spiro atoms. The highest BCUT2D eigenvalue weighted by Gasteiger charge is 2.23. The van der Waals surface area contributed by atoms with Gasteiger partial charge in [0.05, 0.1) is 12.7 Å². The van der Waals surface area contributed by atoms with Crippen molar-refractivity contribution in [3.8, 4) is 0 Å². The highest BCUT2D eigenvalue weighted by atomic mass is 16.2. The summed E-state index contributed by atoms with van der Waals surface area (Å²) in [5.74, 6) is 0.267. The predicted octanol–water partition coefficient (Wildman–Crippen LogP) is 4.44. The quantitative estimate of drug-likeness (QED) is 0.501. The number of aromatic nitrogens is 2. The minimum Gasteiger partial charge on any atom is -0.371 e. The first-order valence-corrected chi connectivity index (χ1v) is 13.1. The molecule has 3 aromatic rings. The van der Waals surface area contributed by atoms with Crippen LogP contribution in [0.3, 0.4) is 0 Å². The molecule has 3 heterocycles. The number of hydrogen-bond acceptors (Lipinski definition) is 4. The molecule has 1 N–H and O–H groups in total. The summed E-state index contributed by atoms with van der Waals surface area (Å²) in [6, 6.07) is 20.3. The average Bonchev–Trinajstić information content (AvgIpc) is 3.63. The van der Waals surface area contributed by atoms with E-state index < -0.39 is 0 Å². The third-order valence-corrected chi connectivity index (χ3v) is 7.48. The standard InChI is InChI=1S/C29H37N5O/c35-29(34-16-4-5-17-34)22-24-8-10-27(11-9-24)33-19-12-26(13-20-33)31-28(25-6-2-1-3-7-25)14-18-32-21-15-30-23-32/h1-3,6-11,15,21,23,26,28,31H,4-5,12-14,16-20,22H2/t28-/m0/s1. The van der Waals surface area contributed by atoms with Gasteiger partial charge in [-0.05, 0) is 55.4 Å². The van der Waals surface area contributed by atoms with E-state index in [4.69, 9.17) is 0 Å². The van der Waals surface area contributed by atoms with Gasteiger partial charge in [0, 0.05) is 62.9 Å². The van der Waals surface area contributed by atoms with Crippen molar-refractivity contribution in [2.24, 2.45) is 0 Å². The van der Waals surface area contributed by atoms with Crippen molar-refractivity contribution >= 4 is 11.6 Å². The maximum absolute atomic E-state index is 12.4. The molecule has 0 unspecified atom stereocenters. The van der Waals surface area contributed by atoms with Crippen LogP contribution < -0.4 is 10.2 Å². The summed E-state index contributed by atoms with van der Waals surface area (Å²) in [6.45, 7) is 4.90. The maximum Gasteiger partial charge on any atom is 0.226 e. The van der Waals surface area contributed by atoms with Crippen LogP contribution in [-0.4, -0.2) is 52.6 Å². The summed E-state index contributed by atoms with van der Waals surface area (Å²) in [4.78, 5) is 21.1. The van der Waals surface area contributed by atoms with Crippen LogP contribution in [0.4, 0.5) is 5.69 Å². The molecule has 0 bridgehead atoms. The van der Waals surface area contributed by atoms with Gasteiger partial charge in [-0.1, -0.05) is 42.5 Å². The van der Waals surface area contributed by atoms with E-state index in [1.54, 1.807) is 0 Å². The fourth-order valence-electron chi connectivity index (χ4n) is 5.40. The van der Waals surface area contributed by atoms with Crippen molar-refractivity contribution < 1.29 is 4.79 Å². The molecule has 0 radical (unpaired) electrons. The number of nitrogens with one attached hydrogen (secondary N) is 1. The lowest BCUT2D eigenvalue weighted by atomic mass is 9.98. The number of carbonyl (C=O) groups excluding carboxylic acids is 1. The van der Waals surface area contributed by atoms with E-state index in [1.165, 1.54) is 11.3 Å². The molecular formula is C29H37N5O. The van der Waals surface area contributed by atoms with Gasteiger partial charge in [0.25, 0.3) is 0 Å². The number of imidazole rings is 1. The highest BCUT2D eigenvalue weighted by molar-refractivity contribution is 5.79. The Hall–Kier alpha value is -3.12. The average molecular weight is 472 g/mol. The van der Waals surface area contributed by atoms with Crippen LogP contribution in [0.15, 0.2) is 73.3 Å². The smallest absolute Gasteiger partial charge is 0.226 e. The molecule has 6 heteroatoms. The van der Waals surface area contributed by atoms with E-state index >= 15 is 0 Å². The van der Waals surface area contributed by atoms with Crippen LogP contribution in [0.1, 0.15) is 49.3 Å². The van der Waals surface area contributed by atoms with Gasteiger partial charge in [-0.2, -0.15) is 0 Å². The van der Waals surface area contributed by atoms with Crippen LogP contribution in [0, 0.1) is 0 Å². The Kier molecular flexibility index (Phi) is 7.79. The van der Waals surface area contributed by atoms with Gasteiger partial charge in [-0.15, -0.1) is 0 Å². The molecule has 1 amide bonds. The Morgan fingerprint density at radius 3 is 2.40 bits per heavy atom. The van der Waals surface area contributed by atoms with Gasteiger partial charge < -0.3 is 19.7 Å². The minimum atomic E-state index is 0.267. The topological polar surface area (TPSA) is 53.4 Å². The summed E-state index contributed by atoms with van der Waals surface area (Å²) < 4.78 is 2.16. The molecule has 2 fully saturated rings. The van der Waals surface area contributed by atoms with Crippen molar-refractivity contribution in [1.82, 2.24) is 19.8 Å². The number of carbonyl (C=O) groups is 1. The van der Waals surface area contributed by atoms with Crippen LogP contribution >= 0.6 is 0 Å². The highest BCUT2D eigenvalue weighted by Crippen LogP contribution is 2.25. The molecule has 1 atom stereocenters. The third kappa shape index (κ3) is 6.31. The molecular weight excluding hydrogens is 434 g/mol. The van der Waals surface area contributed by atoms with Gasteiger partial charge in [0.2, 0.25) is 5.91 Å².